The highest BCUT2D eigenvalue weighted by atomic mass is 28.4. The lowest BCUT2D eigenvalue weighted by atomic mass is 10.2. The van der Waals surface area contributed by atoms with Gasteiger partial charge in [0.25, 0.3) is 0 Å². The zero-order valence-corrected chi connectivity index (χ0v) is 18.7. The standard InChI is InChI=1S/C21H36N2O3Si/c1-21(2,3)27(4,5)26-17-9-12-22-13-15-23(16-14-22)20(24)25-18-19-10-7-6-8-11-19/h6-8,10-11H,9,12-18H2,1-5H3. The van der Waals surface area contributed by atoms with Gasteiger partial charge in [0.15, 0.2) is 8.32 Å². The molecule has 0 atom stereocenters. The average Bonchev–Trinajstić information content (AvgIpc) is 2.64. The van der Waals surface area contributed by atoms with Crippen molar-refractivity contribution in [2.24, 2.45) is 0 Å². The summed E-state index contributed by atoms with van der Waals surface area (Å²) in [6.45, 7) is 16.9. The van der Waals surface area contributed by atoms with Crippen molar-refractivity contribution in [3.8, 4) is 0 Å². The van der Waals surface area contributed by atoms with Crippen LogP contribution in [0, 0.1) is 0 Å². The van der Waals surface area contributed by atoms with E-state index in [1.807, 2.05) is 35.2 Å². The molecule has 1 fully saturated rings. The lowest BCUT2D eigenvalue weighted by molar-refractivity contribution is 0.0702. The number of rotatable bonds is 7. The third-order valence-corrected chi connectivity index (χ3v) is 10.3. The van der Waals surface area contributed by atoms with E-state index in [2.05, 4.69) is 38.8 Å². The van der Waals surface area contributed by atoms with Crippen LogP contribution in [0.2, 0.25) is 18.1 Å². The minimum atomic E-state index is -1.64. The molecule has 6 heteroatoms. The molecule has 0 spiro atoms. The molecule has 1 heterocycles. The van der Waals surface area contributed by atoms with Gasteiger partial charge in [0, 0.05) is 39.3 Å². The predicted octanol–water partition coefficient (Wildman–Crippen LogP) is 4.35. The average molecular weight is 393 g/mol. The molecular formula is C21H36N2O3Si. The molecule has 1 amide bonds. The smallest absolute Gasteiger partial charge is 0.410 e. The molecule has 0 aliphatic carbocycles. The fraction of sp³-hybridized carbons (Fsp3) is 0.667. The van der Waals surface area contributed by atoms with Gasteiger partial charge >= 0.3 is 6.09 Å². The van der Waals surface area contributed by atoms with Gasteiger partial charge in [-0.2, -0.15) is 0 Å². The maximum Gasteiger partial charge on any atom is 0.410 e. The van der Waals surface area contributed by atoms with Crippen LogP contribution in [0.25, 0.3) is 0 Å². The Morgan fingerprint density at radius 1 is 1.07 bits per heavy atom. The van der Waals surface area contributed by atoms with E-state index in [-0.39, 0.29) is 11.1 Å². The molecule has 1 aliphatic heterocycles. The Morgan fingerprint density at radius 2 is 1.70 bits per heavy atom. The monoisotopic (exact) mass is 392 g/mol. The van der Waals surface area contributed by atoms with Crippen LogP contribution in [0.3, 0.4) is 0 Å². The molecule has 1 saturated heterocycles. The molecule has 1 aliphatic rings. The fourth-order valence-corrected chi connectivity index (χ4v) is 3.88. The third-order valence-electron chi connectivity index (χ3n) is 5.72. The van der Waals surface area contributed by atoms with E-state index < -0.39 is 8.32 Å². The van der Waals surface area contributed by atoms with Crippen molar-refractivity contribution in [2.75, 3.05) is 39.3 Å². The van der Waals surface area contributed by atoms with E-state index in [4.69, 9.17) is 9.16 Å². The maximum atomic E-state index is 12.2. The first-order valence-electron chi connectivity index (χ1n) is 10.0. The van der Waals surface area contributed by atoms with Crippen LogP contribution in [-0.2, 0) is 15.8 Å². The molecule has 152 valence electrons. The van der Waals surface area contributed by atoms with Crippen LogP contribution in [0.5, 0.6) is 0 Å². The van der Waals surface area contributed by atoms with Crippen molar-refractivity contribution in [2.45, 2.75) is 51.9 Å². The highest BCUT2D eigenvalue weighted by molar-refractivity contribution is 6.74. The lowest BCUT2D eigenvalue weighted by Crippen LogP contribution is -2.49. The van der Waals surface area contributed by atoms with Gasteiger partial charge in [0.05, 0.1) is 0 Å². The molecule has 1 aromatic rings. The maximum absolute atomic E-state index is 12.2. The normalized spacial score (nSPS) is 16.4. The Morgan fingerprint density at radius 3 is 2.30 bits per heavy atom. The summed E-state index contributed by atoms with van der Waals surface area (Å²) in [5, 5.41) is 0.263. The summed E-state index contributed by atoms with van der Waals surface area (Å²) in [7, 11) is -1.64. The Kier molecular flexibility index (Phi) is 7.88. The first-order chi connectivity index (χ1) is 12.7. The van der Waals surface area contributed by atoms with E-state index in [0.717, 1.165) is 51.3 Å². The number of piperazine rings is 1. The highest BCUT2D eigenvalue weighted by Crippen LogP contribution is 2.36. The largest absolute Gasteiger partial charge is 0.445 e. The quantitative estimate of drug-likeness (QED) is 0.511. The minimum absolute atomic E-state index is 0.209. The van der Waals surface area contributed by atoms with Gasteiger partial charge in [-0.05, 0) is 30.1 Å². The van der Waals surface area contributed by atoms with Crippen LogP contribution >= 0.6 is 0 Å². The van der Waals surface area contributed by atoms with E-state index in [9.17, 15) is 4.79 Å². The van der Waals surface area contributed by atoms with E-state index in [1.54, 1.807) is 0 Å². The number of hydrogen-bond acceptors (Lipinski definition) is 4. The van der Waals surface area contributed by atoms with Gasteiger partial charge in [-0.25, -0.2) is 4.79 Å². The number of carbonyl (C=O) groups excluding carboxylic acids is 1. The molecule has 1 aromatic carbocycles. The Bertz CT molecular complexity index is 579. The SMILES string of the molecule is CC(C)(C)[Si](C)(C)OCCCN1CCN(C(=O)OCc2ccccc2)CC1. The van der Waals surface area contributed by atoms with Crippen molar-refractivity contribution in [1.82, 2.24) is 9.80 Å². The van der Waals surface area contributed by atoms with Crippen LogP contribution in [0.15, 0.2) is 30.3 Å². The zero-order valence-electron chi connectivity index (χ0n) is 17.7. The summed E-state index contributed by atoms with van der Waals surface area (Å²) in [5.74, 6) is 0. The van der Waals surface area contributed by atoms with Gasteiger partial charge in [0.1, 0.15) is 6.61 Å². The van der Waals surface area contributed by atoms with E-state index in [1.165, 1.54) is 0 Å². The van der Waals surface area contributed by atoms with E-state index in [0.29, 0.717) is 6.61 Å². The highest BCUT2D eigenvalue weighted by Gasteiger charge is 2.36. The molecule has 0 N–H and O–H groups in total. The van der Waals surface area contributed by atoms with Gasteiger partial charge in [-0.15, -0.1) is 0 Å². The minimum Gasteiger partial charge on any atom is -0.445 e. The summed E-state index contributed by atoms with van der Waals surface area (Å²) in [6.07, 6.45) is 0.838. The Hall–Kier alpha value is -1.37. The third kappa shape index (κ3) is 6.94. The summed E-state index contributed by atoms with van der Waals surface area (Å²) >= 11 is 0. The zero-order chi connectivity index (χ0) is 19.9. The number of hydrogen-bond donors (Lipinski definition) is 0. The summed E-state index contributed by atoms with van der Waals surface area (Å²) < 4.78 is 11.7. The molecule has 0 aromatic heterocycles. The van der Waals surface area contributed by atoms with Crippen molar-refractivity contribution < 1.29 is 14.0 Å². The number of carbonyl (C=O) groups is 1. The number of amides is 1. The second-order valence-electron chi connectivity index (χ2n) is 8.83. The molecule has 0 saturated carbocycles. The lowest BCUT2D eigenvalue weighted by Gasteiger charge is -2.37. The van der Waals surface area contributed by atoms with Crippen molar-refractivity contribution in [3.63, 3.8) is 0 Å². The summed E-state index contributed by atoms with van der Waals surface area (Å²) in [6, 6.07) is 9.81. The second-order valence-corrected chi connectivity index (χ2v) is 13.6. The summed E-state index contributed by atoms with van der Waals surface area (Å²) in [4.78, 5) is 16.4. The van der Waals surface area contributed by atoms with E-state index >= 15 is 0 Å². The fourth-order valence-electron chi connectivity index (χ4n) is 2.80. The summed E-state index contributed by atoms with van der Waals surface area (Å²) in [5.41, 5.74) is 1.02. The van der Waals surface area contributed by atoms with Gasteiger partial charge < -0.3 is 14.1 Å². The van der Waals surface area contributed by atoms with Gasteiger partial charge in [0.2, 0.25) is 0 Å². The Labute approximate surface area is 165 Å². The predicted molar refractivity (Wildman–Crippen MR) is 112 cm³/mol. The molecule has 0 radical (unpaired) electrons. The van der Waals surface area contributed by atoms with Crippen molar-refractivity contribution >= 4 is 14.4 Å². The first kappa shape index (κ1) is 21.9. The van der Waals surface area contributed by atoms with Crippen molar-refractivity contribution in [3.05, 3.63) is 35.9 Å². The molecular weight excluding hydrogens is 356 g/mol. The Balaban J connectivity index is 1.62. The number of ether oxygens (including phenoxy) is 1. The second kappa shape index (κ2) is 9.71. The van der Waals surface area contributed by atoms with Crippen LogP contribution < -0.4 is 0 Å². The van der Waals surface area contributed by atoms with Gasteiger partial charge in [-0.1, -0.05) is 51.1 Å². The molecule has 0 bridgehead atoms. The topological polar surface area (TPSA) is 42.0 Å². The van der Waals surface area contributed by atoms with Crippen molar-refractivity contribution in [1.29, 1.82) is 0 Å². The molecule has 0 unspecified atom stereocenters. The van der Waals surface area contributed by atoms with Crippen LogP contribution in [0.1, 0.15) is 32.8 Å². The van der Waals surface area contributed by atoms with Crippen LogP contribution in [0.4, 0.5) is 4.79 Å². The molecule has 27 heavy (non-hydrogen) atoms. The molecule has 2 rings (SSSR count). The number of nitrogens with zero attached hydrogens (tertiary/aromatic N) is 2. The van der Waals surface area contributed by atoms with Crippen LogP contribution in [-0.4, -0.2) is 63.5 Å². The van der Waals surface area contributed by atoms with Gasteiger partial charge in [-0.3, -0.25) is 4.90 Å². The first-order valence-corrected chi connectivity index (χ1v) is 12.9. The number of benzene rings is 1. The molecule has 5 nitrogen and oxygen atoms in total.